The Labute approximate surface area is 185 Å². The van der Waals surface area contributed by atoms with Crippen molar-refractivity contribution in [2.45, 2.75) is 30.9 Å². The lowest BCUT2D eigenvalue weighted by Gasteiger charge is -2.19. The Kier molecular flexibility index (Phi) is 6.66. The van der Waals surface area contributed by atoms with Gasteiger partial charge >= 0.3 is 0 Å². The van der Waals surface area contributed by atoms with E-state index in [4.69, 9.17) is 4.74 Å². The van der Waals surface area contributed by atoms with Gasteiger partial charge in [-0.3, -0.25) is 0 Å². The van der Waals surface area contributed by atoms with E-state index in [2.05, 4.69) is 25.0 Å². The summed E-state index contributed by atoms with van der Waals surface area (Å²) in [4.78, 5) is 12.4. The largest absolute Gasteiger partial charge is 0.593 e. The van der Waals surface area contributed by atoms with Gasteiger partial charge in [-0.05, 0) is 43.9 Å². The van der Waals surface area contributed by atoms with E-state index in [1.54, 1.807) is 25.2 Å². The molecular weight excluding hydrogens is 443 g/mol. The molecule has 168 valence electrons. The maximum atomic E-state index is 14.7. The van der Waals surface area contributed by atoms with E-state index in [9.17, 15) is 17.7 Å². The fraction of sp³-hybridized carbons (Fsp3) is 0.286. The summed E-state index contributed by atoms with van der Waals surface area (Å²) >= 11 is -1.72. The van der Waals surface area contributed by atoms with Crippen LogP contribution in [0.25, 0.3) is 11.3 Å². The molecule has 1 unspecified atom stereocenters. The van der Waals surface area contributed by atoms with Gasteiger partial charge in [-0.25, -0.2) is 28.5 Å². The molecule has 0 spiro atoms. The normalized spacial score (nSPS) is 14.9. The Balaban J connectivity index is 1.63. The van der Waals surface area contributed by atoms with E-state index in [-0.39, 0.29) is 11.1 Å². The molecular formula is C21H20F3N5O2S. The third-order valence-corrected chi connectivity index (χ3v) is 6.55. The highest BCUT2D eigenvalue weighted by molar-refractivity contribution is 7.93. The Hall–Kier alpha value is -3.05. The highest BCUT2D eigenvalue weighted by Crippen LogP contribution is 2.36. The van der Waals surface area contributed by atoms with Gasteiger partial charge < -0.3 is 14.6 Å². The van der Waals surface area contributed by atoms with E-state index in [0.29, 0.717) is 36.1 Å². The summed E-state index contributed by atoms with van der Waals surface area (Å²) in [6.45, 7) is 0. The van der Waals surface area contributed by atoms with Gasteiger partial charge in [0.05, 0.1) is 22.6 Å². The predicted octanol–water partition coefficient (Wildman–Crippen LogP) is 4.81. The molecule has 0 radical (unpaired) electrons. The molecule has 4 rings (SSSR count). The molecule has 32 heavy (non-hydrogen) atoms. The zero-order valence-corrected chi connectivity index (χ0v) is 17.9. The lowest BCUT2D eigenvalue weighted by atomic mass is 10.2. The van der Waals surface area contributed by atoms with Gasteiger partial charge in [-0.1, -0.05) is 0 Å². The highest BCUT2D eigenvalue weighted by Gasteiger charge is 2.31. The second-order valence-electron chi connectivity index (χ2n) is 7.14. The standard InChI is InChI=1S/C21H20F3N5O2S/c1-25-21-27-10-8-15(28-21)13-7-4-9-26-20(13)31-16-11-14(22)19(18(24)17(16)23)29-32(30)12-5-2-3-6-12/h4,7-12,29H,2-3,5-6H2,1H3,(H,25,27,28). The van der Waals surface area contributed by atoms with Crippen molar-refractivity contribution in [1.29, 1.82) is 0 Å². The number of halogens is 3. The molecule has 1 aliphatic carbocycles. The molecule has 2 aromatic heterocycles. The average Bonchev–Trinajstić information content (AvgIpc) is 3.36. The summed E-state index contributed by atoms with van der Waals surface area (Å²) in [6, 6.07) is 5.53. The van der Waals surface area contributed by atoms with E-state index in [1.807, 2.05) is 0 Å². The number of nitrogens with one attached hydrogen (secondary N) is 2. The summed E-state index contributed by atoms with van der Waals surface area (Å²) in [5.74, 6) is -4.51. The van der Waals surface area contributed by atoms with Gasteiger partial charge in [0.15, 0.2) is 23.1 Å². The minimum atomic E-state index is -1.72. The fourth-order valence-corrected chi connectivity index (χ4v) is 4.74. The van der Waals surface area contributed by atoms with Crippen molar-refractivity contribution in [3.63, 3.8) is 0 Å². The van der Waals surface area contributed by atoms with Gasteiger partial charge in [-0.15, -0.1) is 0 Å². The van der Waals surface area contributed by atoms with Crippen molar-refractivity contribution in [3.05, 3.63) is 54.1 Å². The number of anilines is 2. The number of pyridine rings is 1. The van der Waals surface area contributed by atoms with Gasteiger partial charge in [0, 0.05) is 25.5 Å². The lowest BCUT2D eigenvalue weighted by Crippen LogP contribution is -2.26. The third-order valence-electron chi connectivity index (χ3n) is 5.07. The van der Waals surface area contributed by atoms with Crippen molar-refractivity contribution in [3.8, 4) is 22.9 Å². The van der Waals surface area contributed by atoms with Gasteiger partial charge in [0.2, 0.25) is 17.6 Å². The molecule has 0 aliphatic heterocycles. The molecule has 1 saturated carbocycles. The van der Waals surface area contributed by atoms with Crippen molar-refractivity contribution in [1.82, 2.24) is 15.0 Å². The monoisotopic (exact) mass is 463 g/mol. The van der Waals surface area contributed by atoms with E-state index >= 15 is 0 Å². The van der Waals surface area contributed by atoms with Crippen LogP contribution >= 0.6 is 0 Å². The third kappa shape index (κ3) is 4.58. The van der Waals surface area contributed by atoms with Crippen LogP contribution < -0.4 is 14.8 Å². The number of ether oxygens (including phenoxy) is 1. The number of nitrogens with zero attached hydrogens (tertiary/aromatic N) is 3. The van der Waals surface area contributed by atoms with Gasteiger partial charge in [-0.2, -0.15) is 4.39 Å². The second kappa shape index (κ2) is 9.61. The molecule has 0 amide bonds. The molecule has 11 heteroatoms. The van der Waals surface area contributed by atoms with Crippen LogP contribution in [0.2, 0.25) is 0 Å². The lowest BCUT2D eigenvalue weighted by molar-refractivity contribution is 0.401. The first kappa shape index (κ1) is 22.2. The molecule has 7 nitrogen and oxygen atoms in total. The van der Waals surface area contributed by atoms with Crippen LogP contribution in [-0.2, 0) is 11.4 Å². The van der Waals surface area contributed by atoms with Gasteiger partial charge in [0.1, 0.15) is 5.25 Å². The highest BCUT2D eigenvalue weighted by atomic mass is 32.2. The molecule has 2 N–H and O–H groups in total. The summed E-state index contributed by atoms with van der Waals surface area (Å²) in [6.07, 6.45) is 6.08. The summed E-state index contributed by atoms with van der Waals surface area (Å²) in [7, 11) is 1.65. The first-order valence-electron chi connectivity index (χ1n) is 9.96. The number of hydrogen-bond donors (Lipinski definition) is 2. The quantitative estimate of drug-likeness (QED) is 0.384. The Morgan fingerprint density at radius 1 is 1.09 bits per heavy atom. The number of rotatable bonds is 7. The number of aromatic nitrogens is 3. The summed E-state index contributed by atoms with van der Waals surface area (Å²) in [5.41, 5.74) is 0.00555. The molecule has 1 aromatic carbocycles. The number of benzene rings is 1. The summed E-state index contributed by atoms with van der Waals surface area (Å²) < 4.78 is 64.1. The maximum Gasteiger partial charge on any atom is 0.228 e. The number of hydrogen-bond acceptors (Lipinski definition) is 7. The Morgan fingerprint density at radius 3 is 2.62 bits per heavy atom. The predicted molar refractivity (Wildman–Crippen MR) is 115 cm³/mol. The van der Waals surface area contributed by atoms with Crippen LogP contribution in [0.5, 0.6) is 11.6 Å². The summed E-state index contributed by atoms with van der Waals surface area (Å²) in [5, 5.41) is 2.57. The smallest absolute Gasteiger partial charge is 0.228 e. The molecule has 2 heterocycles. The maximum absolute atomic E-state index is 14.7. The van der Waals surface area contributed by atoms with Crippen LogP contribution in [0.4, 0.5) is 24.8 Å². The Bertz CT molecular complexity index is 1110. The van der Waals surface area contributed by atoms with Crippen LogP contribution in [-0.4, -0.2) is 31.8 Å². The van der Waals surface area contributed by atoms with Gasteiger partial charge in [0.25, 0.3) is 0 Å². The molecule has 1 aliphatic rings. The van der Waals surface area contributed by atoms with Crippen molar-refractivity contribution in [2.24, 2.45) is 0 Å². The van der Waals surface area contributed by atoms with Crippen LogP contribution in [0.15, 0.2) is 36.7 Å². The minimum Gasteiger partial charge on any atom is -0.593 e. The van der Waals surface area contributed by atoms with Crippen LogP contribution in [0, 0.1) is 17.5 Å². The molecule has 1 atom stereocenters. The Morgan fingerprint density at radius 2 is 1.88 bits per heavy atom. The van der Waals surface area contributed by atoms with E-state index < -0.39 is 40.3 Å². The zero-order valence-electron chi connectivity index (χ0n) is 17.1. The van der Waals surface area contributed by atoms with Crippen molar-refractivity contribution in [2.75, 3.05) is 17.1 Å². The fourth-order valence-electron chi connectivity index (χ4n) is 3.43. The van der Waals surface area contributed by atoms with Crippen molar-refractivity contribution >= 4 is 23.0 Å². The first-order chi connectivity index (χ1) is 15.5. The average molecular weight is 463 g/mol. The van der Waals surface area contributed by atoms with Crippen LogP contribution in [0.3, 0.4) is 0 Å². The minimum absolute atomic E-state index is 0.0961. The topological polar surface area (TPSA) is 95.0 Å². The zero-order chi connectivity index (χ0) is 22.7. The van der Waals surface area contributed by atoms with Crippen molar-refractivity contribution < 1.29 is 22.5 Å². The van der Waals surface area contributed by atoms with Crippen LogP contribution in [0.1, 0.15) is 25.7 Å². The first-order valence-corrected chi connectivity index (χ1v) is 11.2. The van der Waals surface area contributed by atoms with E-state index in [1.165, 1.54) is 12.4 Å². The SMILES string of the molecule is CNc1nccc(-c2cccnc2Oc2cc(F)c(N[S+]([O-])C3CCCC3)c(F)c2F)n1. The molecule has 3 aromatic rings. The van der Waals surface area contributed by atoms with E-state index in [0.717, 1.165) is 12.8 Å². The second-order valence-corrected chi connectivity index (χ2v) is 8.60. The molecule has 0 saturated heterocycles. The molecule has 1 fully saturated rings. The molecule has 0 bridgehead atoms.